The maximum atomic E-state index is 13.3. The Morgan fingerprint density at radius 1 is 0.450 bits per heavy atom. The summed E-state index contributed by atoms with van der Waals surface area (Å²) in [7, 11) is 0. The lowest BCUT2D eigenvalue weighted by Gasteiger charge is -2.33. The topological polar surface area (TPSA) is 20.3 Å². The van der Waals surface area contributed by atoms with Gasteiger partial charge in [0.1, 0.15) is 0 Å². The van der Waals surface area contributed by atoms with E-state index in [0.29, 0.717) is 0 Å². The molecule has 3 heteroatoms. The molecule has 0 saturated carbocycles. The minimum Gasteiger partial charge on any atom is -0.308 e. The maximum Gasteiger partial charge on any atom is 0.194 e. The molecule has 0 radical (unpaired) electrons. The van der Waals surface area contributed by atoms with E-state index in [1.54, 1.807) is 0 Å². The van der Waals surface area contributed by atoms with Crippen molar-refractivity contribution in [2.45, 2.75) is 9.79 Å². The summed E-state index contributed by atoms with van der Waals surface area (Å²) in [6.45, 7) is 0. The predicted octanol–water partition coefficient (Wildman–Crippen LogP) is 10.2. The third-order valence-corrected chi connectivity index (χ3v) is 8.95. The van der Waals surface area contributed by atoms with Crippen molar-refractivity contribution in [3.63, 3.8) is 0 Å². The molecular formula is C37H23NOS. The number of carbonyl (C=O) groups is 1. The number of hydrogen-bond donors (Lipinski definition) is 0. The standard InChI is InChI=1S/C37H23NOS/c39-37-31-12-2-1-11-29(31)30-14-8-13-28(36(30)37)25-21-19-24(20-22-25)26-9-7-10-27(23-26)38-32-15-3-5-17-34(32)40-35-18-6-4-16-33(35)38/h1-23H. The summed E-state index contributed by atoms with van der Waals surface area (Å²) >= 11 is 1.82. The van der Waals surface area contributed by atoms with Gasteiger partial charge >= 0.3 is 0 Å². The number of benzene rings is 6. The fourth-order valence-electron chi connectivity index (χ4n) is 5.96. The third kappa shape index (κ3) is 3.55. The van der Waals surface area contributed by atoms with Gasteiger partial charge in [-0.3, -0.25) is 4.79 Å². The van der Waals surface area contributed by atoms with Gasteiger partial charge in [-0.1, -0.05) is 115 Å². The first-order valence-electron chi connectivity index (χ1n) is 13.4. The quantitative estimate of drug-likeness (QED) is 0.227. The first-order valence-corrected chi connectivity index (χ1v) is 14.2. The Labute approximate surface area is 237 Å². The first-order chi connectivity index (χ1) is 19.8. The number of carbonyl (C=O) groups excluding carboxylic acids is 1. The molecule has 1 heterocycles. The Kier molecular flexibility index (Phi) is 5.26. The number of nitrogens with zero attached hydrogens (tertiary/aromatic N) is 1. The fourth-order valence-corrected chi connectivity index (χ4v) is 7.02. The lowest BCUT2D eigenvalue weighted by atomic mass is 9.94. The highest BCUT2D eigenvalue weighted by Gasteiger charge is 2.29. The van der Waals surface area contributed by atoms with Crippen LogP contribution >= 0.6 is 11.8 Å². The number of hydrogen-bond acceptors (Lipinski definition) is 3. The van der Waals surface area contributed by atoms with Gasteiger partial charge in [0, 0.05) is 26.6 Å². The van der Waals surface area contributed by atoms with E-state index in [4.69, 9.17) is 0 Å². The monoisotopic (exact) mass is 529 g/mol. The van der Waals surface area contributed by atoms with Crippen molar-refractivity contribution in [2.75, 3.05) is 4.90 Å². The lowest BCUT2D eigenvalue weighted by Crippen LogP contribution is -2.14. The van der Waals surface area contributed by atoms with Crippen LogP contribution in [0.4, 0.5) is 17.1 Å². The van der Waals surface area contributed by atoms with Crippen molar-refractivity contribution in [1.29, 1.82) is 0 Å². The molecule has 0 unspecified atom stereocenters. The van der Waals surface area contributed by atoms with Crippen molar-refractivity contribution in [3.8, 4) is 33.4 Å². The lowest BCUT2D eigenvalue weighted by molar-refractivity contribution is 0.104. The van der Waals surface area contributed by atoms with Crippen LogP contribution in [0.5, 0.6) is 0 Å². The molecule has 0 fully saturated rings. The molecule has 1 aliphatic heterocycles. The van der Waals surface area contributed by atoms with Gasteiger partial charge in [0.05, 0.1) is 11.4 Å². The molecule has 6 aromatic carbocycles. The number of para-hydroxylation sites is 2. The molecular weight excluding hydrogens is 506 g/mol. The van der Waals surface area contributed by atoms with Gasteiger partial charge in [-0.15, -0.1) is 0 Å². The molecule has 40 heavy (non-hydrogen) atoms. The highest BCUT2D eigenvalue weighted by Crippen LogP contribution is 2.51. The van der Waals surface area contributed by atoms with Gasteiger partial charge in [0.2, 0.25) is 0 Å². The van der Waals surface area contributed by atoms with Gasteiger partial charge in [0.25, 0.3) is 0 Å². The maximum absolute atomic E-state index is 13.3. The highest BCUT2D eigenvalue weighted by molar-refractivity contribution is 7.99. The van der Waals surface area contributed by atoms with Gasteiger partial charge in [-0.05, 0) is 69.8 Å². The van der Waals surface area contributed by atoms with Crippen LogP contribution in [-0.4, -0.2) is 5.78 Å². The molecule has 0 saturated heterocycles. The van der Waals surface area contributed by atoms with Crippen LogP contribution in [0.15, 0.2) is 149 Å². The normalized spacial score (nSPS) is 12.9. The molecule has 0 amide bonds. The zero-order valence-corrected chi connectivity index (χ0v) is 22.4. The average molecular weight is 530 g/mol. The number of rotatable bonds is 3. The molecule has 2 aliphatic rings. The number of ketones is 1. The van der Waals surface area contributed by atoms with E-state index in [1.807, 2.05) is 42.1 Å². The van der Waals surface area contributed by atoms with Gasteiger partial charge in [0.15, 0.2) is 5.78 Å². The summed E-state index contributed by atoms with van der Waals surface area (Å²) in [6, 6.07) is 48.6. The summed E-state index contributed by atoms with van der Waals surface area (Å²) in [5.41, 5.74) is 11.5. The minimum absolute atomic E-state index is 0.109. The second-order valence-electron chi connectivity index (χ2n) is 10.1. The molecule has 8 rings (SSSR count). The van der Waals surface area contributed by atoms with Crippen LogP contribution in [0.3, 0.4) is 0 Å². The molecule has 0 N–H and O–H groups in total. The van der Waals surface area contributed by atoms with Crippen LogP contribution < -0.4 is 4.90 Å². The third-order valence-electron chi connectivity index (χ3n) is 7.82. The van der Waals surface area contributed by atoms with E-state index in [2.05, 4.69) is 114 Å². The Bertz CT molecular complexity index is 1910. The summed E-state index contributed by atoms with van der Waals surface area (Å²) in [6.07, 6.45) is 0. The number of fused-ring (bicyclic) bond motifs is 5. The van der Waals surface area contributed by atoms with Gasteiger partial charge in [-0.2, -0.15) is 0 Å². The molecule has 0 aromatic heterocycles. The van der Waals surface area contributed by atoms with E-state index >= 15 is 0 Å². The van der Waals surface area contributed by atoms with Crippen molar-refractivity contribution < 1.29 is 4.79 Å². The van der Waals surface area contributed by atoms with Crippen molar-refractivity contribution in [2.24, 2.45) is 0 Å². The highest BCUT2D eigenvalue weighted by atomic mass is 32.2. The van der Waals surface area contributed by atoms with Crippen LogP contribution in [-0.2, 0) is 0 Å². The second-order valence-corrected chi connectivity index (χ2v) is 11.2. The number of anilines is 3. The van der Waals surface area contributed by atoms with Crippen LogP contribution in [0.2, 0.25) is 0 Å². The van der Waals surface area contributed by atoms with Crippen LogP contribution in [0.1, 0.15) is 15.9 Å². The summed E-state index contributed by atoms with van der Waals surface area (Å²) in [5, 5.41) is 0. The van der Waals surface area contributed by atoms with Gasteiger partial charge in [-0.25, -0.2) is 0 Å². The van der Waals surface area contributed by atoms with E-state index in [1.165, 1.54) is 21.2 Å². The SMILES string of the molecule is O=C1c2ccccc2-c2cccc(-c3ccc(-c4cccc(N5c6ccccc6Sc6ccccc65)c4)cc3)c21. The first kappa shape index (κ1) is 23.1. The van der Waals surface area contributed by atoms with Crippen LogP contribution in [0, 0.1) is 0 Å². The Morgan fingerprint density at radius 3 is 1.77 bits per heavy atom. The summed E-state index contributed by atoms with van der Waals surface area (Å²) in [5.74, 6) is 0.109. The summed E-state index contributed by atoms with van der Waals surface area (Å²) in [4.78, 5) is 18.2. The largest absolute Gasteiger partial charge is 0.308 e. The minimum atomic E-state index is 0.109. The zero-order valence-electron chi connectivity index (χ0n) is 21.5. The molecule has 188 valence electrons. The summed E-state index contributed by atoms with van der Waals surface area (Å²) < 4.78 is 0. The van der Waals surface area contributed by atoms with E-state index < -0.39 is 0 Å². The molecule has 1 aliphatic carbocycles. The van der Waals surface area contributed by atoms with Crippen LogP contribution in [0.25, 0.3) is 33.4 Å². The zero-order chi connectivity index (χ0) is 26.6. The van der Waals surface area contributed by atoms with Gasteiger partial charge < -0.3 is 4.90 Å². The Hall–Kier alpha value is -4.86. The predicted molar refractivity (Wildman–Crippen MR) is 165 cm³/mol. The smallest absolute Gasteiger partial charge is 0.194 e. The molecule has 0 spiro atoms. The average Bonchev–Trinajstić information content (AvgIpc) is 3.32. The van der Waals surface area contributed by atoms with E-state index in [0.717, 1.165) is 50.2 Å². The molecule has 0 bridgehead atoms. The van der Waals surface area contributed by atoms with Crippen molar-refractivity contribution >= 4 is 34.6 Å². The molecule has 0 atom stereocenters. The van der Waals surface area contributed by atoms with Crippen molar-refractivity contribution in [3.05, 3.63) is 151 Å². The van der Waals surface area contributed by atoms with E-state index in [9.17, 15) is 4.79 Å². The van der Waals surface area contributed by atoms with Crippen molar-refractivity contribution in [1.82, 2.24) is 0 Å². The molecule has 2 nitrogen and oxygen atoms in total. The fraction of sp³-hybridized carbons (Fsp3) is 0. The molecule has 6 aromatic rings. The Balaban J connectivity index is 1.17. The van der Waals surface area contributed by atoms with E-state index in [-0.39, 0.29) is 5.78 Å². The Morgan fingerprint density at radius 2 is 1.02 bits per heavy atom. The second kappa shape index (κ2) is 9.11.